The number of rotatable bonds is 8. The zero-order valence-corrected chi connectivity index (χ0v) is 15.4. The largest absolute Gasteiger partial charge is 0.294 e. The van der Waals surface area contributed by atoms with Gasteiger partial charge in [-0.1, -0.05) is 97.6 Å². The van der Waals surface area contributed by atoms with Gasteiger partial charge in [0, 0.05) is 22.5 Å². The van der Waals surface area contributed by atoms with Gasteiger partial charge >= 0.3 is 0 Å². The van der Waals surface area contributed by atoms with Gasteiger partial charge in [0.05, 0.1) is 5.92 Å². The van der Waals surface area contributed by atoms with E-state index in [9.17, 15) is 14.9 Å². The van der Waals surface area contributed by atoms with Crippen molar-refractivity contribution in [2.24, 2.45) is 0 Å². The zero-order chi connectivity index (χ0) is 19.9. The van der Waals surface area contributed by atoms with Crippen LogP contribution in [-0.4, -0.2) is 16.7 Å². The van der Waals surface area contributed by atoms with Crippen molar-refractivity contribution in [1.82, 2.24) is 0 Å². The van der Waals surface area contributed by atoms with Crippen molar-refractivity contribution in [2.75, 3.05) is 0 Å². The van der Waals surface area contributed by atoms with Crippen molar-refractivity contribution in [3.63, 3.8) is 0 Å². The molecule has 0 N–H and O–H groups in total. The molecule has 0 aromatic heterocycles. The Labute approximate surface area is 164 Å². The summed E-state index contributed by atoms with van der Waals surface area (Å²) in [4.78, 5) is 24.6. The van der Waals surface area contributed by atoms with Gasteiger partial charge in [-0.05, 0) is 11.1 Å². The number of nitrogens with zero attached hydrogens (tertiary/aromatic N) is 1. The van der Waals surface area contributed by atoms with E-state index in [2.05, 4.69) is 6.58 Å². The van der Waals surface area contributed by atoms with Gasteiger partial charge in [-0.15, -0.1) is 0 Å². The second kappa shape index (κ2) is 8.91. The fraction of sp³-hybridized carbons (Fsp3) is 0.125. The first kappa shape index (κ1) is 19.2. The molecule has 4 nitrogen and oxygen atoms in total. The molecule has 0 heterocycles. The fourth-order valence-electron chi connectivity index (χ4n) is 3.39. The molecular formula is C24H21NO3. The minimum absolute atomic E-state index is 0.0333. The lowest BCUT2D eigenvalue weighted by molar-refractivity contribution is -0.509. The SMILES string of the molecule is C=C(c1ccccc1)C(C(CC(=O)c1ccccc1)c1ccccc1)[N+](=O)[O-]. The topological polar surface area (TPSA) is 60.2 Å². The first-order valence-electron chi connectivity index (χ1n) is 9.09. The third kappa shape index (κ3) is 4.41. The molecule has 0 amide bonds. The zero-order valence-electron chi connectivity index (χ0n) is 15.4. The fourth-order valence-corrected chi connectivity index (χ4v) is 3.39. The highest BCUT2D eigenvalue weighted by Crippen LogP contribution is 2.34. The highest BCUT2D eigenvalue weighted by Gasteiger charge is 2.37. The predicted molar refractivity (Wildman–Crippen MR) is 111 cm³/mol. The van der Waals surface area contributed by atoms with E-state index in [0.29, 0.717) is 16.7 Å². The van der Waals surface area contributed by atoms with E-state index < -0.39 is 12.0 Å². The number of Topliss-reactive ketones (excluding diaryl/α,β-unsaturated/α-hetero) is 1. The van der Waals surface area contributed by atoms with Crippen LogP contribution in [0.3, 0.4) is 0 Å². The lowest BCUT2D eigenvalue weighted by Crippen LogP contribution is -2.30. The summed E-state index contributed by atoms with van der Waals surface area (Å²) in [6.07, 6.45) is 0.0333. The van der Waals surface area contributed by atoms with Crippen LogP contribution in [0.1, 0.15) is 33.8 Å². The highest BCUT2D eigenvalue weighted by molar-refractivity contribution is 5.96. The van der Waals surface area contributed by atoms with Crippen molar-refractivity contribution in [2.45, 2.75) is 18.4 Å². The molecule has 2 unspecified atom stereocenters. The van der Waals surface area contributed by atoms with E-state index in [1.165, 1.54) is 0 Å². The maximum absolute atomic E-state index is 12.9. The van der Waals surface area contributed by atoms with E-state index >= 15 is 0 Å². The summed E-state index contributed by atoms with van der Waals surface area (Å²) >= 11 is 0. The Hall–Kier alpha value is -3.53. The predicted octanol–water partition coefficient (Wildman–Crippen LogP) is 5.40. The molecule has 0 aliphatic rings. The number of hydrogen-bond donors (Lipinski definition) is 0. The average molecular weight is 371 g/mol. The lowest BCUT2D eigenvalue weighted by atomic mass is 9.81. The van der Waals surface area contributed by atoms with Gasteiger partial charge in [-0.2, -0.15) is 0 Å². The Morgan fingerprint density at radius 2 is 1.29 bits per heavy atom. The highest BCUT2D eigenvalue weighted by atomic mass is 16.6. The quantitative estimate of drug-likeness (QED) is 0.302. The van der Waals surface area contributed by atoms with Gasteiger partial charge in [0.25, 0.3) is 0 Å². The van der Waals surface area contributed by atoms with E-state index in [-0.39, 0.29) is 17.1 Å². The third-order valence-corrected chi connectivity index (χ3v) is 4.84. The molecule has 0 radical (unpaired) electrons. The van der Waals surface area contributed by atoms with Crippen molar-refractivity contribution in [3.05, 3.63) is 124 Å². The van der Waals surface area contributed by atoms with Gasteiger partial charge in [-0.25, -0.2) is 0 Å². The molecule has 140 valence electrons. The lowest BCUT2D eigenvalue weighted by Gasteiger charge is -2.23. The summed E-state index contributed by atoms with van der Waals surface area (Å²) in [5.74, 6) is -0.737. The summed E-state index contributed by atoms with van der Waals surface area (Å²) in [5.41, 5.74) is 2.42. The molecule has 3 aromatic rings. The Morgan fingerprint density at radius 1 is 0.821 bits per heavy atom. The Balaban J connectivity index is 2.00. The van der Waals surface area contributed by atoms with Crippen molar-refractivity contribution >= 4 is 11.4 Å². The standard InChI is InChI=1S/C24H21NO3/c1-18(19-11-5-2-6-12-19)24(25(27)28)22(20-13-7-3-8-14-20)17-23(26)21-15-9-4-10-16-21/h2-16,22,24H,1,17H2. The van der Waals surface area contributed by atoms with E-state index in [1.807, 2.05) is 54.6 Å². The number of nitro groups is 1. The van der Waals surface area contributed by atoms with Crippen LogP contribution < -0.4 is 0 Å². The maximum atomic E-state index is 12.9. The smallest absolute Gasteiger partial charge is 0.245 e. The molecule has 0 spiro atoms. The molecular weight excluding hydrogens is 350 g/mol. The summed E-state index contributed by atoms with van der Waals surface area (Å²) in [7, 11) is 0. The van der Waals surface area contributed by atoms with Gasteiger partial charge in [0.15, 0.2) is 5.78 Å². The first-order chi connectivity index (χ1) is 13.6. The van der Waals surface area contributed by atoms with Crippen LogP contribution in [0.4, 0.5) is 0 Å². The third-order valence-electron chi connectivity index (χ3n) is 4.84. The minimum Gasteiger partial charge on any atom is -0.294 e. The van der Waals surface area contributed by atoms with Gasteiger partial charge in [0.1, 0.15) is 0 Å². The Bertz CT molecular complexity index is 953. The van der Waals surface area contributed by atoms with Crippen molar-refractivity contribution < 1.29 is 9.72 Å². The van der Waals surface area contributed by atoms with E-state index in [4.69, 9.17) is 0 Å². The monoisotopic (exact) mass is 371 g/mol. The van der Waals surface area contributed by atoms with Crippen LogP contribution in [-0.2, 0) is 0 Å². The maximum Gasteiger partial charge on any atom is 0.245 e. The van der Waals surface area contributed by atoms with Crippen LogP contribution in [0.15, 0.2) is 97.6 Å². The normalized spacial score (nSPS) is 12.7. The molecule has 0 aliphatic heterocycles. The minimum atomic E-state index is -1.10. The van der Waals surface area contributed by atoms with Crippen LogP contribution >= 0.6 is 0 Å². The second-order valence-electron chi connectivity index (χ2n) is 6.63. The Kier molecular flexibility index (Phi) is 6.12. The van der Waals surface area contributed by atoms with Crippen LogP contribution in [0.2, 0.25) is 0 Å². The summed E-state index contributed by atoms with van der Waals surface area (Å²) in [6.45, 7) is 4.02. The van der Waals surface area contributed by atoms with Gasteiger partial charge in [-0.3, -0.25) is 14.9 Å². The summed E-state index contributed by atoms with van der Waals surface area (Å²) in [6, 6.07) is 26.1. The van der Waals surface area contributed by atoms with Crippen molar-refractivity contribution in [3.8, 4) is 0 Å². The van der Waals surface area contributed by atoms with E-state index in [1.54, 1.807) is 36.4 Å². The number of ketones is 1. The molecule has 0 saturated carbocycles. The van der Waals surface area contributed by atoms with E-state index in [0.717, 1.165) is 5.56 Å². The average Bonchev–Trinajstić information content (AvgIpc) is 2.74. The Morgan fingerprint density at radius 3 is 1.79 bits per heavy atom. The van der Waals surface area contributed by atoms with Crippen LogP contribution in [0.5, 0.6) is 0 Å². The molecule has 0 aliphatic carbocycles. The molecule has 3 aromatic carbocycles. The van der Waals surface area contributed by atoms with Crippen molar-refractivity contribution in [1.29, 1.82) is 0 Å². The van der Waals surface area contributed by atoms with Gasteiger partial charge < -0.3 is 0 Å². The number of carbonyl (C=O) groups is 1. The van der Waals surface area contributed by atoms with Crippen LogP contribution in [0.25, 0.3) is 5.57 Å². The molecule has 0 fully saturated rings. The molecule has 2 atom stereocenters. The number of benzene rings is 3. The molecule has 4 heteroatoms. The molecule has 3 rings (SSSR count). The second-order valence-corrected chi connectivity index (χ2v) is 6.63. The summed E-state index contributed by atoms with van der Waals surface area (Å²) < 4.78 is 0. The van der Waals surface area contributed by atoms with Crippen LogP contribution in [0, 0.1) is 10.1 Å². The summed E-state index contributed by atoms with van der Waals surface area (Å²) in [5, 5.41) is 12.1. The van der Waals surface area contributed by atoms with Gasteiger partial charge in [0.2, 0.25) is 6.04 Å². The number of hydrogen-bond acceptors (Lipinski definition) is 3. The molecule has 0 bridgehead atoms. The number of carbonyl (C=O) groups excluding carboxylic acids is 1. The molecule has 0 saturated heterocycles. The molecule has 28 heavy (non-hydrogen) atoms. The first-order valence-corrected chi connectivity index (χ1v) is 9.09.